The number of nitrogens with one attached hydrogen (secondary N) is 1. The Morgan fingerprint density at radius 2 is 2.11 bits per heavy atom. The smallest absolute Gasteiger partial charge is 0.354 e. The van der Waals surface area contributed by atoms with E-state index in [4.69, 9.17) is 0 Å². The van der Waals surface area contributed by atoms with Crippen molar-refractivity contribution in [3.05, 3.63) is 35.8 Å². The molecule has 0 bridgehead atoms. The highest BCUT2D eigenvalue weighted by atomic mass is 19.1. The summed E-state index contributed by atoms with van der Waals surface area (Å²) in [6.07, 6.45) is 0.854. The molecular weight excluding hydrogens is 249 g/mol. The van der Waals surface area contributed by atoms with Crippen LogP contribution in [0.2, 0.25) is 0 Å². The molecule has 5 nitrogen and oxygen atoms in total. The molecule has 0 spiro atoms. The molecule has 1 aliphatic rings. The number of carbonyl (C=O) groups is 1. The number of imidazole rings is 1. The third-order valence-electron chi connectivity index (χ3n) is 3.13. The summed E-state index contributed by atoms with van der Waals surface area (Å²) < 4.78 is 14.6. The van der Waals surface area contributed by atoms with Crippen LogP contribution in [0.15, 0.2) is 24.3 Å². The van der Waals surface area contributed by atoms with Gasteiger partial charge >= 0.3 is 5.97 Å². The van der Waals surface area contributed by atoms with Crippen molar-refractivity contribution in [2.24, 2.45) is 0 Å². The van der Waals surface area contributed by atoms with Gasteiger partial charge in [0.2, 0.25) is 5.95 Å². The predicted molar refractivity (Wildman–Crippen MR) is 67.7 cm³/mol. The minimum absolute atomic E-state index is 0.147. The molecule has 1 aliphatic heterocycles. The summed E-state index contributed by atoms with van der Waals surface area (Å²) in [5.41, 5.74) is 1.12. The van der Waals surface area contributed by atoms with Gasteiger partial charge in [0, 0.05) is 18.7 Å². The SMILES string of the molecule is O=C(O)c1c(-c2ccc(F)cc2)nc2n1CCCN2. The van der Waals surface area contributed by atoms with Crippen molar-refractivity contribution >= 4 is 11.9 Å². The number of aromatic nitrogens is 2. The van der Waals surface area contributed by atoms with E-state index in [1.165, 1.54) is 24.3 Å². The lowest BCUT2D eigenvalue weighted by Crippen LogP contribution is -2.20. The van der Waals surface area contributed by atoms with Crippen molar-refractivity contribution in [3.63, 3.8) is 0 Å². The second-order valence-electron chi connectivity index (χ2n) is 4.38. The van der Waals surface area contributed by atoms with Crippen LogP contribution in [0.25, 0.3) is 11.3 Å². The Balaban J connectivity index is 2.17. The standard InChI is InChI=1S/C13H12FN3O2/c14-9-4-2-8(3-5-9)10-11(12(18)19)17-7-1-6-15-13(17)16-10/h2-5H,1,6-7H2,(H,15,16)(H,18,19). The number of nitrogens with zero attached hydrogens (tertiary/aromatic N) is 2. The monoisotopic (exact) mass is 261 g/mol. The zero-order valence-corrected chi connectivity index (χ0v) is 10.1. The molecule has 98 valence electrons. The number of carboxylic acid groups (broad SMARTS) is 1. The highest BCUT2D eigenvalue weighted by Gasteiger charge is 2.25. The lowest BCUT2D eigenvalue weighted by Gasteiger charge is -2.16. The van der Waals surface area contributed by atoms with Gasteiger partial charge in [0.15, 0.2) is 5.69 Å². The van der Waals surface area contributed by atoms with Crippen LogP contribution >= 0.6 is 0 Å². The van der Waals surface area contributed by atoms with E-state index in [2.05, 4.69) is 10.3 Å². The Morgan fingerprint density at radius 1 is 1.37 bits per heavy atom. The van der Waals surface area contributed by atoms with Gasteiger partial charge in [-0.05, 0) is 30.7 Å². The van der Waals surface area contributed by atoms with Crippen molar-refractivity contribution in [1.82, 2.24) is 9.55 Å². The Labute approximate surface area is 108 Å². The summed E-state index contributed by atoms with van der Waals surface area (Å²) in [4.78, 5) is 15.8. The topological polar surface area (TPSA) is 67.1 Å². The molecule has 2 aromatic rings. The van der Waals surface area contributed by atoms with Crippen molar-refractivity contribution < 1.29 is 14.3 Å². The van der Waals surface area contributed by atoms with E-state index in [-0.39, 0.29) is 11.5 Å². The van der Waals surface area contributed by atoms with Gasteiger partial charge < -0.3 is 15.0 Å². The highest BCUT2D eigenvalue weighted by molar-refractivity contribution is 5.94. The van der Waals surface area contributed by atoms with Gasteiger partial charge in [-0.25, -0.2) is 14.2 Å². The Morgan fingerprint density at radius 3 is 2.79 bits per heavy atom. The molecule has 0 atom stereocenters. The second kappa shape index (κ2) is 4.38. The molecule has 0 saturated heterocycles. The number of anilines is 1. The van der Waals surface area contributed by atoms with Crippen LogP contribution in [-0.2, 0) is 6.54 Å². The van der Waals surface area contributed by atoms with Crippen LogP contribution in [-0.4, -0.2) is 27.2 Å². The first-order valence-corrected chi connectivity index (χ1v) is 6.00. The zero-order valence-electron chi connectivity index (χ0n) is 10.1. The number of aromatic carboxylic acids is 1. The molecule has 3 rings (SSSR count). The lowest BCUT2D eigenvalue weighted by molar-refractivity contribution is 0.0686. The van der Waals surface area contributed by atoms with E-state index in [9.17, 15) is 14.3 Å². The minimum atomic E-state index is -1.03. The van der Waals surface area contributed by atoms with Crippen LogP contribution in [0.3, 0.4) is 0 Å². The van der Waals surface area contributed by atoms with Crippen molar-refractivity contribution in [3.8, 4) is 11.3 Å². The molecule has 2 heterocycles. The summed E-state index contributed by atoms with van der Waals surface area (Å²) in [5, 5.41) is 12.4. The normalized spacial score (nSPS) is 13.7. The van der Waals surface area contributed by atoms with Gasteiger partial charge in [0.25, 0.3) is 0 Å². The van der Waals surface area contributed by atoms with Crippen LogP contribution in [0.4, 0.5) is 10.3 Å². The average molecular weight is 261 g/mol. The summed E-state index contributed by atoms with van der Waals surface area (Å²) in [7, 11) is 0. The van der Waals surface area contributed by atoms with Gasteiger partial charge in [-0.2, -0.15) is 0 Å². The maximum Gasteiger partial charge on any atom is 0.354 e. The maximum absolute atomic E-state index is 12.9. The Hall–Kier alpha value is -2.37. The first-order chi connectivity index (χ1) is 9.16. The number of hydrogen-bond acceptors (Lipinski definition) is 3. The van der Waals surface area contributed by atoms with Gasteiger partial charge in [0.1, 0.15) is 11.5 Å². The summed E-state index contributed by atoms with van der Waals surface area (Å²) in [6.45, 7) is 1.40. The Kier molecular flexibility index (Phi) is 2.70. The molecule has 0 saturated carbocycles. The molecule has 0 amide bonds. The van der Waals surface area contributed by atoms with E-state index >= 15 is 0 Å². The predicted octanol–water partition coefficient (Wildman–Crippen LogP) is 2.20. The second-order valence-corrected chi connectivity index (χ2v) is 4.38. The molecule has 0 fully saturated rings. The van der Waals surface area contributed by atoms with E-state index in [0.29, 0.717) is 23.8 Å². The van der Waals surface area contributed by atoms with Crippen molar-refractivity contribution in [1.29, 1.82) is 0 Å². The van der Waals surface area contributed by atoms with E-state index in [0.717, 1.165) is 13.0 Å². The van der Waals surface area contributed by atoms with Crippen molar-refractivity contribution in [2.45, 2.75) is 13.0 Å². The minimum Gasteiger partial charge on any atom is -0.477 e. The number of carboxylic acids is 1. The lowest BCUT2D eigenvalue weighted by atomic mass is 10.1. The number of halogens is 1. The van der Waals surface area contributed by atoms with E-state index in [1.54, 1.807) is 4.57 Å². The molecule has 19 heavy (non-hydrogen) atoms. The highest BCUT2D eigenvalue weighted by Crippen LogP contribution is 2.28. The molecule has 1 aromatic carbocycles. The van der Waals surface area contributed by atoms with Crippen LogP contribution in [0.1, 0.15) is 16.9 Å². The molecule has 0 unspecified atom stereocenters. The third-order valence-corrected chi connectivity index (χ3v) is 3.13. The fourth-order valence-corrected chi connectivity index (χ4v) is 2.27. The molecule has 1 aromatic heterocycles. The fourth-order valence-electron chi connectivity index (χ4n) is 2.27. The van der Waals surface area contributed by atoms with Gasteiger partial charge in [-0.15, -0.1) is 0 Å². The Bertz CT molecular complexity index is 634. The first-order valence-electron chi connectivity index (χ1n) is 6.00. The molecule has 2 N–H and O–H groups in total. The van der Waals surface area contributed by atoms with Gasteiger partial charge in [0.05, 0.1) is 0 Å². The molecule has 6 heteroatoms. The number of fused-ring (bicyclic) bond motifs is 1. The van der Waals surface area contributed by atoms with Crippen LogP contribution in [0, 0.1) is 5.82 Å². The first kappa shape index (κ1) is 11.7. The third kappa shape index (κ3) is 1.95. The van der Waals surface area contributed by atoms with Crippen LogP contribution in [0.5, 0.6) is 0 Å². The summed E-state index contributed by atoms with van der Waals surface area (Å²) in [6, 6.07) is 5.67. The van der Waals surface area contributed by atoms with E-state index in [1.807, 2.05) is 0 Å². The fraction of sp³-hybridized carbons (Fsp3) is 0.231. The maximum atomic E-state index is 12.9. The quantitative estimate of drug-likeness (QED) is 0.869. The van der Waals surface area contributed by atoms with Crippen molar-refractivity contribution in [2.75, 3.05) is 11.9 Å². The molecule has 0 aliphatic carbocycles. The van der Waals surface area contributed by atoms with E-state index < -0.39 is 5.97 Å². The number of rotatable bonds is 2. The average Bonchev–Trinajstić information content (AvgIpc) is 2.78. The number of hydrogen-bond donors (Lipinski definition) is 2. The molecule has 0 radical (unpaired) electrons. The van der Waals surface area contributed by atoms with Gasteiger partial charge in [-0.1, -0.05) is 0 Å². The van der Waals surface area contributed by atoms with Gasteiger partial charge in [-0.3, -0.25) is 0 Å². The summed E-state index contributed by atoms with van der Waals surface area (Å²) in [5.74, 6) is -0.826. The number of benzene rings is 1. The largest absolute Gasteiger partial charge is 0.477 e. The molecular formula is C13H12FN3O2. The summed E-state index contributed by atoms with van der Waals surface area (Å²) >= 11 is 0. The zero-order chi connectivity index (χ0) is 13.4. The van der Waals surface area contributed by atoms with Crippen LogP contribution < -0.4 is 5.32 Å².